The van der Waals surface area contributed by atoms with Crippen LogP contribution in [0.25, 0.3) is 5.69 Å². The minimum absolute atomic E-state index is 0.192. The number of carbonyl (C=O) groups is 1. The van der Waals surface area contributed by atoms with E-state index in [4.69, 9.17) is 4.84 Å². The first-order valence-corrected chi connectivity index (χ1v) is 6.77. The van der Waals surface area contributed by atoms with E-state index in [1.807, 2.05) is 60.7 Å². The Morgan fingerprint density at radius 2 is 1.73 bits per heavy atom. The number of hydroxylamine groups is 1. The van der Waals surface area contributed by atoms with Crippen LogP contribution in [0.5, 0.6) is 0 Å². The molecule has 0 atom stereocenters. The summed E-state index contributed by atoms with van der Waals surface area (Å²) in [6.45, 7) is 0.291. The third kappa shape index (κ3) is 3.36. The van der Waals surface area contributed by atoms with Gasteiger partial charge in [-0.05, 0) is 17.7 Å². The van der Waals surface area contributed by atoms with Gasteiger partial charge in [-0.1, -0.05) is 48.5 Å². The quantitative estimate of drug-likeness (QED) is 0.732. The summed E-state index contributed by atoms with van der Waals surface area (Å²) in [5, 5.41) is 8.18. The first kappa shape index (κ1) is 14.0. The maximum atomic E-state index is 11.9. The number of aromatic nitrogens is 3. The fourth-order valence-corrected chi connectivity index (χ4v) is 1.86. The lowest BCUT2D eigenvalue weighted by Gasteiger charge is -2.03. The van der Waals surface area contributed by atoms with Crippen molar-refractivity contribution in [2.75, 3.05) is 0 Å². The zero-order valence-corrected chi connectivity index (χ0v) is 11.7. The lowest BCUT2D eigenvalue weighted by Crippen LogP contribution is -2.24. The van der Waals surface area contributed by atoms with E-state index in [1.165, 1.54) is 11.0 Å². The van der Waals surface area contributed by atoms with E-state index >= 15 is 0 Å². The van der Waals surface area contributed by atoms with Crippen molar-refractivity contribution in [3.8, 4) is 5.69 Å². The van der Waals surface area contributed by atoms with Gasteiger partial charge in [-0.3, -0.25) is 9.63 Å². The zero-order chi connectivity index (χ0) is 15.2. The van der Waals surface area contributed by atoms with Gasteiger partial charge < -0.3 is 0 Å². The molecule has 6 nitrogen and oxygen atoms in total. The number of para-hydroxylation sites is 1. The smallest absolute Gasteiger partial charge is 0.269 e. The molecule has 2 aromatic carbocycles. The van der Waals surface area contributed by atoms with E-state index in [2.05, 4.69) is 15.7 Å². The molecule has 1 N–H and O–H groups in total. The van der Waals surface area contributed by atoms with Crippen LogP contribution in [0.1, 0.15) is 16.1 Å². The van der Waals surface area contributed by atoms with Crippen LogP contribution >= 0.6 is 0 Å². The molecule has 1 aromatic heterocycles. The summed E-state index contributed by atoms with van der Waals surface area (Å²) in [6, 6.07) is 18.9. The van der Waals surface area contributed by atoms with Crippen molar-refractivity contribution in [3.05, 3.63) is 78.1 Å². The fourth-order valence-electron chi connectivity index (χ4n) is 1.86. The Bertz CT molecular complexity index is 741. The Balaban J connectivity index is 1.58. The summed E-state index contributed by atoms with van der Waals surface area (Å²) in [6.07, 6.45) is 1.40. The normalized spacial score (nSPS) is 10.4. The van der Waals surface area contributed by atoms with Crippen LogP contribution in [0.2, 0.25) is 0 Å². The van der Waals surface area contributed by atoms with E-state index in [-0.39, 0.29) is 5.69 Å². The third-order valence-electron chi connectivity index (χ3n) is 2.96. The molecular weight excluding hydrogens is 280 g/mol. The largest absolute Gasteiger partial charge is 0.297 e. The lowest BCUT2D eigenvalue weighted by molar-refractivity contribution is 0.0229. The summed E-state index contributed by atoms with van der Waals surface area (Å²) >= 11 is 0. The van der Waals surface area contributed by atoms with E-state index in [0.29, 0.717) is 6.61 Å². The van der Waals surface area contributed by atoms with Gasteiger partial charge in [0.05, 0.1) is 18.5 Å². The molecule has 0 fully saturated rings. The second-order valence-electron chi connectivity index (χ2n) is 4.56. The predicted molar refractivity (Wildman–Crippen MR) is 80.1 cm³/mol. The van der Waals surface area contributed by atoms with Gasteiger partial charge in [0.15, 0.2) is 5.69 Å². The number of nitrogens with one attached hydrogen (secondary N) is 1. The number of benzene rings is 2. The van der Waals surface area contributed by atoms with Crippen molar-refractivity contribution < 1.29 is 9.63 Å². The summed E-state index contributed by atoms with van der Waals surface area (Å²) in [4.78, 5) is 18.5. The first-order chi connectivity index (χ1) is 10.8. The molecule has 3 rings (SSSR count). The van der Waals surface area contributed by atoms with Crippen molar-refractivity contribution in [3.63, 3.8) is 0 Å². The predicted octanol–water partition coefficient (Wildman–Crippen LogP) is 2.13. The second-order valence-corrected chi connectivity index (χ2v) is 4.56. The van der Waals surface area contributed by atoms with E-state index < -0.39 is 5.91 Å². The van der Waals surface area contributed by atoms with Crippen LogP contribution in [0.4, 0.5) is 0 Å². The Kier molecular flexibility index (Phi) is 4.22. The summed E-state index contributed by atoms with van der Waals surface area (Å²) in [5.74, 6) is -0.432. The average Bonchev–Trinajstić information content (AvgIpc) is 3.07. The average molecular weight is 294 g/mol. The summed E-state index contributed by atoms with van der Waals surface area (Å²) < 4.78 is 0. The molecule has 3 aromatic rings. The van der Waals surface area contributed by atoms with Crippen LogP contribution in [0.15, 0.2) is 66.9 Å². The molecule has 1 amide bonds. The number of nitrogens with zero attached hydrogens (tertiary/aromatic N) is 3. The molecule has 0 spiro atoms. The Morgan fingerprint density at radius 3 is 2.45 bits per heavy atom. The van der Waals surface area contributed by atoms with Crippen LogP contribution < -0.4 is 5.48 Å². The molecule has 6 heteroatoms. The maximum absolute atomic E-state index is 11.9. The van der Waals surface area contributed by atoms with Gasteiger partial charge in [0.2, 0.25) is 0 Å². The standard InChI is InChI=1S/C16H14N4O2/c21-16(19-22-12-13-7-3-1-4-8-13)15-11-17-20(18-15)14-9-5-2-6-10-14/h1-11H,12H2,(H,19,21). The molecule has 0 aliphatic rings. The Morgan fingerprint density at radius 1 is 1.05 bits per heavy atom. The first-order valence-electron chi connectivity index (χ1n) is 6.77. The molecule has 0 aliphatic heterocycles. The monoisotopic (exact) mass is 294 g/mol. The molecule has 0 radical (unpaired) electrons. The SMILES string of the molecule is O=C(NOCc1ccccc1)c1cnn(-c2ccccc2)n1. The van der Waals surface area contributed by atoms with Gasteiger partial charge in [-0.2, -0.15) is 9.90 Å². The van der Waals surface area contributed by atoms with E-state index in [0.717, 1.165) is 11.3 Å². The highest BCUT2D eigenvalue weighted by Crippen LogP contribution is 2.04. The van der Waals surface area contributed by atoms with Crippen molar-refractivity contribution >= 4 is 5.91 Å². The van der Waals surface area contributed by atoms with Crippen LogP contribution in [0, 0.1) is 0 Å². The van der Waals surface area contributed by atoms with Crippen molar-refractivity contribution in [1.82, 2.24) is 20.5 Å². The van der Waals surface area contributed by atoms with Crippen molar-refractivity contribution in [2.45, 2.75) is 6.61 Å². The molecular formula is C16H14N4O2. The highest BCUT2D eigenvalue weighted by atomic mass is 16.6. The number of hydrogen-bond donors (Lipinski definition) is 1. The molecule has 0 aliphatic carbocycles. The maximum Gasteiger partial charge on any atom is 0.297 e. The van der Waals surface area contributed by atoms with Crippen LogP contribution in [0.3, 0.4) is 0 Å². The molecule has 110 valence electrons. The molecule has 1 heterocycles. The van der Waals surface area contributed by atoms with E-state index in [1.54, 1.807) is 0 Å². The van der Waals surface area contributed by atoms with Gasteiger partial charge in [0.25, 0.3) is 5.91 Å². The Hall–Kier alpha value is -2.99. The van der Waals surface area contributed by atoms with Crippen molar-refractivity contribution in [2.24, 2.45) is 0 Å². The molecule has 0 saturated carbocycles. The van der Waals surface area contributed by atoms with Crippen molar-refractivity contribution in [1.29, 1.82) is 0 Å². The number of carbonyl (C=O) groups excluding carboxylic acids is 1. The highest BCUT2D eigenvalue weighted by molar-refractivity contribution is 5.91. The zero-order valence-electron chi connectivity index (χ0n) is 11.7. The van der Waals surface area contributed by atoms with Gasteiger partial charge in [-0.15, -0.1) is 5.10 Å². The third-order valence-corrected chi connectivity index (χ3v) is 2.96. The minimum atomic E-state index is -0.432. The number of rotatable bonds is 5. The lowest BCUT2D eigenvalue weighted by atomic mass is 10.2. The van der Waals surface area contributed by atoms with E-state index in [9.17, 15) is 4.79 Å². The fraction of sp³-hybridized carbons (Fsp3) is 0.0625. The molecule has 22 heavy (non-hydrogen) atoms. The second kappa shape index (κ2) is 6.64. The van der Waals surface area contributed by atoms with Gasteiger partial charge in [0.1, 0.15) is 0 Å². The molecule has 0 bridgehead atoms. The molecule has 0 saturated heterocycles. The topological polar surface area (TPSA) is 69.0 Å². The van der Waals surface area contributed by atoms with Crippen LogP contribution in [-0.2, 0) is 11.4 Å². The van der Waals surface area contributed by atoms with Gasteiger partial charge >= 0.3 is 0 Å². The Labute approximate surface area is 127 Å². The summed E-state index contributed by atoms with van der Waals surface area (Å²) in [7, 11) is 0. The minimum Gasteiger partial charge on any atom is -0.269 e. The van der Waals surface area contributed by atoms with Crippen LogP contribution in [-0.4, -0.2) is 20.9 Å². The summed E-state index contributed by atoms with van der Waals surface area (Å²) in [5.41, 5.74) is 4.30. The molecule has 0 unspecified atom stereocenters. The number of hydrogen-bond acceptors (Lipinski definition) is 4. The highest BCUT2D eigenvalue weighted by Gasteiger charge is 2.11. The van der Waals surface area contributed by atoms with Gasteiger partial charge in [0, 0.05) is 0 Å². The number of amides is 1. The van der Waals surface area contributed by atoms with Gasteiger partial charge in [-0.25, -0.2) is 5.48 Å².